The lowest BCUT2D eigenvalue weighted by atomic mass is 9.67. The second-order valence-corrected chi connectivity index (χ2v) is 5.27. The number of nitrogens with one attached hydrogen (secondary N) is 1. The summed E-state index contributed by atoms with van der Waals surface area (Å²) in [5, 5.41) is 14.3. The highest BCUT2D eigenvalue weighted by atomic mass is 16.6. The molecule has 18 heavy (non-hydrogen) atoms. The largest absolute Gasteiger partial charge is 0.384 e. The lowest BCUT2D eigenvalue weighted by molar-refractivity contribution is -0.385. The van der Waals surface area contributed by atoms with E-state index in [4.69, 9.17) is 0 Å². The molecule has 0 aromatic heterocycles. The van der Waals surface area contributed by atoms with Gasteiger partial charge >= 0.3 is 0 Å². The topological polar surface area (TPSA) is 55.2 Å². The van der Waals surface area contributed by atoms with Gasteiger partial charge in [-0.05, 0) is 37.7 Å². The molecule has 1 aromatic rings. The molecule has 1 fully saturated rings. The van der Waals surface area contributed by atoms with Crippen LogP contribution >= 0.6 is 0 Å². The quantitative estimate of drug-likeness (QED) is 0.635. The van der Waals surface area contributed by atoms with E-state index in [0.717, 1.165) is 17.8 Å². The van der Waals surface area contributed by atoms with Gasteiger partial charge in [0.25, 0.3) is 5.69 Å². The van der Waals surface area contributed by atoms with Gasteiger partial charge in [-0.2, -0.15) is 0 Å². The third kappa shape index (κ3) is 2.33. The van der Waals surface area contributed by atoms with E-state index in [2.05, 4.69) is 12.2 Å². The first-order valence-corrected chi connectivity index (χ1v) is 6.56. The maximum atomic E-state index is 10.9. The van der Waals surface area contributed by atoms with Gasteiger partial charge in [0, 0.05) is 23.9 Å². The summed E-state index contributed by atoms with van der Waals surface area (Å²) in [5.74, 6) is 0. The Morgan fingerprint density at radius 2 is 2.17 bits per heavy atom. The van der Waals surface area contributed by atoms with Gasteiger partial charge in [-0.15, -0.1) is 0 Å². The Morgan fingerprint density at radius 1 is 1.44 bits per heavy atom. The fraction of sp³-hybridized carbons (Fsp3) is 0.571. The monoisotopic (exact) mass is 248 g/mol. The molecule has 98 valence electrons. The zero-order chi connectivity index (χ0) is 13.2. The van der Waals surface area contributed by atoms with Crippen molar-refractivity contribution in [1.82, 2.24) is 0 Å². The summed E-state index contributed by atoms with van der Waals surface area (Å²) in [6.07, 6.45) is 5.02. The van der Waals surface area contributed by atoms with Crippen LogP contribution in [-0.2, 0) is 0 Å². The molecule has 0 unspecified atom stereocenters. The predicted molar refractivity (Wildman–Crippen MR) is 72.9 cm³/mol. The molecular weight excluding hydrogens is 228 g/mol. The lowest BCUT2D eigenvalue weighted by Gasteiger charge is -2.41. The molecule has 1 aliphatic rings. The van der Waals surface area contributed by atoms with Crippen LogP contribution in [-0.4, -0.2) is 11.5 Å². The van der Waals surface area contributed by atoms with Crippen molar-refractivity contribution in [2.45, 2.75) is 39.5 Å². The molecule has 1 aliphatic carbocycles. The second-order valence-electron chi connectivity index (χ2n) is 5.27. The Morgan fingerprint density at radius 3 is 2.67 bits per heavy atom. The highest BCUT2D eigenvalue weighted by Crippen LogP contribution is 2.44. The molecule has 0 atom stereocenters. The summed E-state index contributed by atoms with van der Waals surface area (Å²) in [6, 6.07) is 5.22. The summed E-state index contributed by atoms with van der Waals surface area (Å²) >= 11 is 0. The molecule has 1 N–H and O–H groups in total. The maximum Gasteiger partial charge on any atom is 0.274 e. The number of hydrogen-bond donors (Lipinski definition) is 1. The van der Waals surface area contributed by atoms with Crippen LogP contribution in [0.5, 0.6) is 0 Å². The zero-order valence-corrected chi connectivity index (χ0v) is 11.0. The van der Waals surface area contributed by atoms with Gasteiger partial charge in [-0.25, -0.2) is 0 Å². The summed E-state index contributed by atoms with van der Waals surface area (Å²) in [5.41, 5.74) is 2.23. The smallest absolute Gasteiger partial charge is 0.274 e. The van der Waals surface area contributed by atoms with Crippen molar-refractivity contribution in [2.75, 3.05) is 11.9 Å². The highest BCUT2D eigenvalue weighted by molar-refractivity contribution is 5.59. The fourth-order valence-electron chi connectivity index (χ4n) is 2.63. The Hall–Kier alpha value is -1.58. The van der Waals surface area contributed by atoms with E-state index in [1.807, 2.05) is 6.07 Å². The minimum atomic E-state index is -0.320. The van der Waals surface area contributed by atoms with Crippen LogP contribution in [0.2, 0.25) is 0 Å². The first kappa shape index (κ1) is 12.9. The van der Waals surface area contributed by atoms with Gasteiger partial charge < -0.3 is 5.32 Å². The summed E-state index contributed by atoms with van der Waals surface area (Å²) in [6.45, 7) is 4.95. The van der Waals surface area contributed by atoms with E-state index in [1.54, 1.807) is 19.1 Å². The van der Waals surface area contributed by atoms with Gasteiger partial charge in [0.05, 0.1) is 4.92 Å². The number of nitro groups is 1. The molecule has 2 rings (SSSR count). The van der Waals surface area contributed by atoms with E-state index in [1.165, 1.54) is 25.7 Å². The van der Waals surface area contributed by atoms with Crippen molar-refractivity contribution in [3.63, 3.8) is 0 Å². The molecule has 0 bridgehead atoms. The molecule has 0 spiro atoms. The first-order valence-electron chi connectivity index (χ1n) is 6.56. The van der Waals surface area contributed by atoms with Crippen LogP contribution in [0.4, 0.5) is 11.4 Å². The van der Waals surface area contributed by atoms with Gasteiger partial charge in [0.2, 0.25) is 0 Å². The van der Waals surface area contributed by atoms with E-state index in [9.17, 15) is 10.1 Å². The van der Waals surface area contributed by atoms with E-state index < -0.39 is 0 Å². The third-order valence-corrected chi connectivity index (χ3v) is 4.32. The third-order valence-electron chi connectivity index (χ3n) is 4.32. The number of nitrogens with zero attached hydrogens (tertiary/aromatic N) is 1. The molecule has 4 nitrogen and oxygen atoms in total. The summed E-state index contributed by atoms with van der Waals surface area (Å²) < 4.78 is 0. The average Bonchev–Trinajstić information content (AvgIpc) is 2.29. The number of nitro benzene ring substituents is 1. The van der Waals surface area contributed by atoms with Crippen LogP contribution < -0.4 is 5.32 Å². The molecule has 1 saturated carbocycles. The number of benzene rings is 1. The fourth-order valence-corrected chi connectivity index (χ4v) is 2.63. The Balaban J connectivity index is 2.10. The van der Waals surface area contributed by atoms with Crippen LogP contribution in [0.1, 0.15) is 38.2 Å². The SMILES string of the molecule is CCC1(CNc2cccc([N+](=O)[O-])c2C)CCC1. The molecular formula is C14H20N2O2. The zero-order valence-electron chi connectivity index (χ0n) is 11.0. The van der Waals surface area contributed by atoms with E-state index in [-0.39, 0.29) is 10.6 Å². The Bertz CT molecular complexity index is 448. The number of anilines is 1. The van der Waals surface area contributed by atoms with Gasteiger partial charge in [-0.1, -0.05) is 19.4 Å². The van der Waals surface area contributed by atoms with Gasteiger partial charge in [0.15, 0.2) is 0 Å². The van der Waals surface area contributed by atoms with E-state index in [0.29, 0.717) is 5.41 Å². The first-order chi connectivity index (χ1) is 8.58. The highest BCUT2D eigenvalue weighted by Gasteiger charge is 2.34. The minimum Gasteiger partial charge on any atom is -0.384 e. The number of hydrogen-bond acceptors (Lipinski definition) is 3. The standard InChI is InChI=1S/C14H20N2O2/c1-3-14(8-5-9-14)10-15-12-6-4-7-13(11(12)2)16(17)18/h4,6-7,15H,3,5,8-10H2,1-2H3. The molecule has 0 radical (unpaired) electrons. The van der Waals surface area contributed by atoms with E-state index >= 15 is 0 Å². The van der Waals surface area contributed by atoms with Crippen LogP contribution in [0.25, 0.3) is 0 Å². The second kappa shape index (κ2) is 4.96. The van der Waals surface area contributed by atoms with Gasteiger partial charge in [0.1, 0.15) is 0 Å². The van der Waals surface area contributed by atoms with Crippen molar-refractivity contribution in [1.29, 1.82) is 0 Å². The molecule has 0 saturated heterocycles. The van der Waals surface area contributed by atoms with Crippen molar-refractivity contribution in [2.24, 2.45) is 5.41 Å². The normalized spacial score (nSPS) is 17.0. The van der Waals surface area contributed by atoms with Crippen molar-refractivity contribution >= 4 is 11.4 Å². The van der Waals surface area contributed by atoms with Crippen molar-refractivity contribution in [3.05, 3.63) is 33.9 Å². The number of rotatable bonds is 5. The summed E-state index contributed by atoms with van der Waals surface area (Å²) in [7, 11) is 0. The lowest BCUT2D eigenvalue weighted by Crippen LogP contribution is -2.36. The molecule has 1 aromatic carbocycles. The van der Waals surface area contributed by atoms with Crippen molar-refractivity contribution < 1.29 is 4.92 Å². The average molecular weight is 248 g/mol. The van der Waals surface area contributed by atoms with Crippen molar-refractivity contribution in [3.8, 4) is 0 Å². The van der Waals surface area contributed by atoms with Crippen LogP contribution in [0.15, 0.2) is 18.2 Å². The maximum absolute atomic E-state index is 10.9. The molecule has 0 heterocycles. The van der Waals surface area contributed by atoms with Gasteiger partial charge in [-0.3, -0.25) is 10.1 Å². The Kier molecular flexibility index (Phi) is 3.55. The van der Waals surface area contributed by atoms with Crippen LogP contribution in [0.3, 0.4) is 0 Å². The molecule has 0 aliphatic heterocycles. The van der Waals surface area contributed by atoms with Crippen LogP contribution in [0, 0.1) is 22.5 Å². The molecule has 4 heteroatoms. The Labute approximate surface area is 108 Å². The summed E-state index contributed by atoms with van der Waals surface area (Å²) in [4.78, 5) is 10.6. The minimum absolute atomic E-state index is 0.194. The predicted octanol–water partition coefficient (Wildman–Crippen LogP) is 3.90. The molecule has 0 amide bonds.